The first-order valence-electron chi connectivity index (χ1n) is 11.5. The summed E-state index contributed by atoms with van der Waals surface area (Å²) < 4.78 is 6.97. The Labute approximate surface area is 189 Å². The molecule has 8 nitrogen and oxygen atoms in total. The summed E-state index contributed by atoms with van der Waals surface area (Å²) in [5.41, 5.74) is 2.75. The van der Waals surface area contributed by atoms with Crippen molar-refractivity contribution in [2.45, 2.75) is 39.5 Å². The smallest absolute Gasteiger partial charge is 0.248 e. The largest absolute Gasteiger partial charge is 0.375 e. The first-order chi connectivity index (χ1) is 15.6. The number of hydrogen-bond donors (Lipinski definition) is 0. The molecule has 1 fully saturated rings. The molecule has 3 aromatic rings. The van der Waals surface area contributed by atoms with Crippen molar-refractivity contribution in [2.75, 3.05) is 44.8 Å². The molecule has 0 aliphatic carbocycles. The van der Waals surface area contributed by atoms with Gasteiger partial charge in [0.2, 0.25) is 5.91 Å². The lowest BCUT2D eigenvalue weighted by Crippen LogP contribution is -2.37. The SMILES string of the molecule is CCCCc1nc(N2CCCN(C(=O)COC)CC2)c2c(C)nn(-c3ccccc3)c2n1. The third-order valence-electron chi connectivity index (χ3n) is 5.90. The van der Waals surface area contributed by atoms with Crippen LogP contribution in [0, 0.1) is 6.92 Å². The summed E-state index contributed by atoms with van der Waals surface area (Å²) in [6, 6.07) is 10.1. The molecule has 0 saturated carbocycles. The molecule has 8 heteroatoms. The molecular weight excluding hydrogens is 404 g/mol. The predicted molar refractivity (Wildman–Crippen MR) is 125 cm³/mol. The number of carbonyl (C=O) groups is 1. The summed E-state index contributed by atoms with van der Waals surface area (Å²) in [6.45, 7) is 7.28. The van der Waals surface area contributed by atoms with Gasteiger partial charge in [0.05, 0.1) is 16.8 Å². The minimum atomic E-state index is 0.0406. The standard InChI is InChI=1S/C24H32N6O2/c1-4-5-12-20-25-23(29-14-9-13-28(15-16-29)21(31)17-32-3)22-18(2)27-30(24(22)26-20)19-10-7-6-8-11-19/h6-8,10-11H,4-5,9,12-17H2,1-3H3. The molecule has 3 heterocycles. The molecule has 0 unspecified atom stereocenters. The zero-order valence-corrected chi connectivity index (χ0v) is 19.3. The fourth-order valence-electron chi connectivity index (χ4n) is 4.22. The van der Waals surface area contributed by atoms with E-state index in [2.05, 4.69) is 11.8 Å². The minimum Gasteiger partial charge on any atom is -0.375 e. The quantitative estimate of drug-likeness (QED) is 0.566. The Bertz CT molecular complexity index is 1070. The number of aromatic nitrogens is 4. The van der Waals surface area contributed by atoms with Crippen LogP contribution in [0.1, 0.15) is 37.7 Å². The Morgan fingerprint density at radius 3 is 2.66 bits per heavy atom. The number of hydrogen-bond acceptors (Lipinski definition) is 6. The molecule has 1 amide bonds. The van der Waals surface area contributed by atoms with Crippen molar-refractivity contribution >= 4 is 22.8 Å². The Balaban J connectivity index is 1.74. The van der Waals surface area contributed by atoms with Gasteiger partial charge in [-0.1, -0.05) is 31.5 Å². The van der Waals surface area contributed by atoms with Gasteiger partial charge in [0.25, 0.3) is 0 Å². The number of amides is 1. The van der Waals surface area contributed by atoms with E-state index in [9.17, 15) is 4.79 Å². The van der Waals surface area contributed by atoms with E-state index < -0.39 is 0 Å². The highest BCUT2D eigenvalue weighted by atomic mass is 16.5. The molecule has 1 aliphatic rings. The summed E-state index contributed by atoms with van der Waals surface area (Å²) in [5, 5.41) is 5.83. The highest BCUT2D eigenvalue weighted by molar-refractivity contribution is 5.91. The fraction of sp³-hybridized carbons (Fsp3) is 0.500. The number of methoxy groups -OCH3 is 1. The third-order valence-corrected chi connectivity index (χ3v) is 5.90. The molecule has 170 valence electrons. The fourth-order valence-corrected chi connectivity index (χ4v) is 4.22. The lowest BCUT2D eigenvalue weighted by molar-refractivity contribution is -0.134. The molecule has 0 bridgehead atoms. The predicted octanol–water partition coefficient (Wildman–Crippen LogP) is 3.15. The van der Waals surface area contributed by atoms with Crippen molar-refractivity contribution in [3.63, 3.8) is 0 Å². The zero-order chi connectivity index (χ0) is 22.5. The van der Waals surface area contributed by atoms with Gasteiger partial charge in [0.15, 0.2) is 5.65 Å². The van der Waals surface area contributed by atoms with Gasteiger partial charge in [-0.3, -0.25) is 4.79 Å². The maximum atomic E-state index is 12.3. The Kier molecular flexibility index (Phi) is 6.99. The molecule has 4 rings (SSSR count). The maximum Gasteiger partial charge on any atom is 0.248 e. The van der Waals surface area contributed by atoms with Crippen LogP contribution in [-0.2, 0) is 16.0 Å². The average molecular weight is 437 g/mol. The van der Waals surface area contributed by atoms with Crippen molar-refractivity contribution in [1.82, 2.24) is 24.6 Å². The Hall–Kier alpha value is -3.00. The molecule has 1 saturated heterocycles. The number of ether oxygens (including phenoxy) is 1. The normalized spacial score (nSPS) is 14.7. The number of nitrogens with zero attached hydrogens (tertiary/aromatic N) is 6. The second kappa shape index (κ2) is 10.1. The van der Waals surface area contributed by atoms with E-state index in [1.807, 2.05) is 46.8 Å². The highest BCUT2D eigenvalue weighted by Gasteiger charge is 2.24. The van der Waals surface area contributed by atoms with Crippen LogP contribution in [0.5, 0.6) is 0 Å². The molecule has 1 aliphatic heterocycles. The van der Waals surface area contributed by atoms with Crippen LogP contribution in [0.15, 0.2) is 30.3 Å². The first kappa shape index (κ1) is 22.2. The highest BCUT2D eigenvalue weighted by Crippen LogP contribution is 2.30. The van der Waals surface area contributed by atoms with Gasteiger partial charge in [-0.2, -0.15) is 5.10 Å². The monoisotopic (exact) mass is 436 g/mol. The molecule has 32 heavy (non-hydrogen) atoms. The van der Waals surface area contributed by atoms with Crippen molar-refractivity contribution in [3.05, 3.63) is 41.9 Å². The van der Waals surface area contributed by atoms with Crippen LogP contribution in [0.3, 0.4) is 0 Å². The van der Waals surface area contributed by atoms with Gasteiger partial charge in [-0.15, -0.1) is 0 Å². The number of unbranched alkanes of at least 4 members (excludes halogenated alkanes) is 1. The summed E-state index contributed by atoms with van der Waals surface area (Å²) in [5.74, 6) is 1.82. The van der Waals surface area contributed by atoms with Crippen molar-refractivity contribution in [2.24, 2.45) is 0 Å². The van der Waals surface area contributed by atoms with Crippen molar-refractivity contribution in [1.29, 1.82) is 0 Å². The summed E-state index contributed by atoms with van der Waals surface area (Å²) in [6.07, 6.45) is 3.86. The van der Waals surface area contributed by atoms with Crippen LogP contribution in [0.2, 0.25) is 0 Å². The molecule has 2 aromatic heterocycles. The van der Waals surface area contributed by atoms with E-state index in [0.717, 1.165) is 79.4 Å². The van der Waals surface area contributed by atoms with E-state index in [1.165, 1.54) is 0 Å². The van der Waals surface area contributed by atoms with Gasteiger partial charge in [0, 0.05) is 39.7 Å². The molecule has 0 spiro atoms. The lowest BCUT2D eigenvalue weighted by Gasteiger charge is -2.24. The maximum absolute atomic E-state index is 12.3. The molecule has 0 radical (unpaired) electrons. The van der Waals surface area contributed by atoms with Gasteiger partial charge < -0.3 is 14.5 Å². The van der Waals surface area contributed by atoms with Crippen LogP contribution < -0.4 is 4.90 Å². The van der Waals surface area contributed by atoms with Crippen molar-refractivity contribution < 1.29 is 9.53 Å². The van der Waals surface area contributed by atoms with E-state index in [4.69, 9.17) is 19.8 Å². The number of rotatable bonds is 7. The molecule has 0 N–H and O–H groups in total. The second-order valence-corrected chi connectivity index (χ2v) is 8.25. The van der Waals surface area contributed by atoms with E-state index in [0.29, 0.717) is 6.54 Å². The topological polar surface area (TPSA) is 76.4 Å². The molecular formula is C24H32N6O2. The number of carbonyl (C=O) groups excluding carboxylic acids is 1. The van der Waals surface area contributed by atoms with Gasteiger partial charge >= 0.3 is 0 Å². The second-order valence-electron chi connectivity index (χ2n) is 8.25. The number of benzene rings is 1. The molecule has 1 aromatic carbocycles. The minimum absolute atomic E-state index is 0.0406. The van der Waals surface area contributed by atoms with Crippen LogP contribution in [-0.4, -0.2) is 70.5 Å². The number of anilines is 1. The number of aryl methyl sites for hydroxylation is 2. The van der Waals surface area contributed by atoms with Crippen LogP contribution in [0.4, 0.5) is 5.82 Å². The number of para-hydroxylation sites is 1. The number of fused-ring (bicyclic) bond motifs is 1. The Morgan fingerprint density at radius 2 is 1.91 bits per heavy atom. The van der Waals surface area contributed by atoms with Crippen LogP contribution in [0.25, 0.3) is 16.7 Å². The van der Waals surface area contributed by atoms with Gasteiger partial charge in [-0.05, 0) is 31.9 Å². The van der Waals surface area contributed by atoms with E-state index in [-0.39, 0.29) is 12.5 Å². The third kappa shape index (κ3) is 4.60. The van der Waals surface area contributed by atoms with Crippen molar-refractivity contribution in [3.8, 4) is 5.69 Å². The summed E-state index contributed by atoms with van der Waals surface area (Å²) >= 11 is 0. The lowest BCUT2D eigenvalue weighted by atomic mass is 10.2. The zero-order valence-electron chi connectivity index (χ0n) is 19.3. The average Bonchev–Trinajstić information content (AvgIpc) is 2.98. The van der Waals surface area contributed by atoms with Crippen LogP contribution >= 0.6 is 0 Å². The van der Waals surface area contributed by atoms with Gasteiger partial charge in [0.1, 0.15) is 18.2 Å². The summed E-state index contributed by atoms with van der Waals surface area (Å²) in [4.78, 5) is 26.5. The van der Waals surface area contributed by atoms with E-state index in [1.54, 1.807) is 7.11 Å². The van der Waals surface area contributed by atoms with E-state index >= 15 is 0 Å². The summed E-state index contributed by atoms with van der Waals surface area (Å²) in [7, 11) is 1.56. The molecule has 0 atom stereocenters. The Morgan fingerprint density at radius 1 is 1.09 bits per heavy atom. The van der Waals surface area contributed by atoms with Gasteiger partial charge in [-0.25, -0.2) is 14.6 Å². The first-order valence-corrected chi connectivity index (χ1v) is 11.5.